The smallest absolute Gasteiger partial charge is 0.287 e. The number of amides is 5. The number of rotatable bonds is 12. The number of benzene rings is 1. The van der Waals surface area contributed by atoms with Crippen LogP contribution in [-0.4, -0.2) is 96.0 Å². The van der Waals surface area contributed by atoms with Crippen LogP contribution in [0.1, 0.15) is 104 Å². The number of Topliss-reactive ketones (excluding diaryl/α,β-unsaturated/α-hetero) is 1. The van der Waals surface area contributed by atoms with E-state index in [-0.39, 0.29) is 42.9 Å². The Hall–Kier alpha value is -4.31. The highest BCUT2D eigenvalue weighted by Gasteiger charge is 2.49. The Labute approximate surface area is 294 Å². The first-order valence-electron chi connectivity index (χ1n) is 17.1. The first kappa shape index (κ1) is 37.0. The second-order valence-corrected chi connectivity index (χ2v) is 15.3. The minimum absolute atomic E-state index is 0.000321. The van der Waals surface area contributed by atoms with Gasteiger partial charge in [0.05, 0.1) is 17.9 Å². The molecule has 15 nitrogen and oxygen atoms in total. The van der Waals surface area contributed by atoms with Crippen molar-refractivity contribution in [2.24, 2.45) is 17.4 Å². The lowest BCUT2D eigenvalue weighted by Crippen LogP contribution is -2.63. The fraction of sp³-hybridized carbons (Fsp3) is 0.588. The van der Waals surface area contributed by atoms with E-state index < -0.39 is 64.6 Å². The third-order valence-corrected chi connectivity index (χ3v) is 11.1. The normalized spacial score (nSPS) is 21.6. The summed E-state index contributed by atoms with van der Waals surface area (Å²) in [6.07, 6.45) is 7.14. The zero-order valence-corrected chi connectivity index (χ0v) is 29.2. The number of aromatic nitrogens is 3. The number of likely N-dealkylation sites (tertiary alicyclic amines) is 1. The molecule has 0 spiro atoms. The average molecular weight is 711 g/mol. The number of nitrogens with one attached hydrogen (secondary N) is 2. The maximum atomic E-state index is 14.7. The van der Waals surface area contributed by atoms with Gasteiger partial charge >= 0.3 is 0 Å². The molecule has 0 radical (unpaired) electrons. The van der Waals surface area contributed by atoms with Crippen LogP contribution in [0, 0.1) is 5.92 Å². The fourth-order valence-electron chi connectivity index (χ4n) is 7.32. The molecule has 0 unspecified atom stereocenters. The summed E-state index contributed by atoms with van der Waals surface area (Å²) in [6, 6.07) is 3.08. The Bertz CT molecular complexity index is 1610. The number of hydrogen-bond donors (Lipinski definition) is 5. The number of primary amides is 2. The Morgan fingerprint density at radius 2 is 1.66 bits per heavy atom. The van der Waals surface area contributed by atoms with Crippen LogP contribution in [0.3, 0.4) is 0 Å². The Morgan fingerprint density at radius 1 is 1.02 bits per heavy atom. The first-order valence-corrected chi connectivity index (χ1v) is 18.2. The van der Waals surface area contributed by atoms with Crippen LogP contribution >= 0.6 is 11.8 Å². The molecule has 5 amide bonds. The Balaban J connectivity index is 1.48. The molecule has 50 heavy (non-hydrogen) atoms. The van der Waals surface area contributed by atoms with E-state index in [1.807, 2.05) is 0 Å². The molecule has 2 aliphatic heterocycles. The molecule has 1 saturated carbocycles. The van der Waals surface area contributed by atoms with Crippen LogP contribution in [0.5, 0.6) is 0 Å². The molecule has 3 fully saturated rings. The molecule has 1 aromatic heterocycles. The zero-order chi connectivity index (χ0) is 36.2. The van der Waals surface area contributed by atoms with Crippen molar-refractivity contribution in [3.63, 3.8) is 0 Å². The van der Waals surface area contributed by atoms with Gasteiger partial charge in [-0.25, -0.2) is 4.68 Å². The minimum atomic E-state index is -1.50. The lowest BCUT2D eigenvalue weighted by atomic mass is 9.84. The molecule has 3 aliphatic rings. The van der Waals surface area contributed by atoms with Gasteiger partial charge in [-0.2, -0.15) is 11.8 Å². The molecule has 1 aromatic carbocycles. The summed E-state index contributed by atoms with van der Waals surface area (Å²) in [5, 5.41) is 24.8. The minimum Gasteiger partial charge on any atom is -0.384 e. The van der Waals surface area contributed by atoms with E-state index in [1.165, 1.54) is 40.0 Å². The van der Waals surface area contributed by atoms with Gasteiger partial charge in [-0.1, -0.05) is 37.3 Å². The van der Waals surface area contributed by atoms with Crippen LogP contribution in [0.2, 0.25) is 0 Å². The van der Waals surface area contributed by atoms with Gasteiger partial charge in [-0.05, 0) is 74.8 Å². The summed E-state index contributed by atoms with van der Waals surface area (Å²) >= 11 is 1.59. The summed E-state index contributed by atoms with van der Waals surface area (Å²) in [5.74, 6) is -3.10. The van der Waals surface area contributed by atoms with Gasteiger partial charge in [0.25, 0.3) is 11.8 Å². The summed E-state index contributed by atoms with van der Waals surface area (Å²) < 4.78 is 1.50. The van der Waals surface area contributed by atoms with Crippen LogP contribution in [0.25, 0.3) is 0 Å². The highest BCUT2D eigenvalue weighted by Crippen LogP contribution is 2.35. The summed E-state index contributed by atoms with van der Waals surface area (Å²) in [7, 11) is 0. The second-order valence-electron chi connectivity index (χ2n) is 14.1. The van der Waals surface area contributed by atoms with Crippen LogP contribution in [0.4, 0.5) is 0 Å². The number of thioether (sulfide) groups is 1. The van der Waals surface area contributed by atoms with Crippen LogP contribution in [0.15, 0.2) is 30.5 Å². The highest BCUT2D eigenvalue weighted by atomic mass is 32.2. The SMILES string of the molecule is CC(C)(O)c1cnnn1[C@H]1C[C@@H](C(=O)NC2(C(=O)C(N)=O)CCSCC2)N(C(=O)[C@@H](CC2CCCCC2)NC(=O)c2ccc(C(N)=O)cc2)C1. The maximum absolute atomic E-state index is 14.7. The topological polar surface area (TPSA) is 233 Å². The summed E-state index contributed by atoms with van der Waals surface area (Å²) in [6.45, 7) is 3.16. The van der Waals surface area contributed by atoms with E-state index in [0.717, 1.165) is 32.1 Å². The standard InChI is InChI=1S/C34H46N8O7S/c1-33(2,49)26-18-37-40-42(26)23-17-25(31(47)39-34(27(43)29(36)45)12-14-50-15-13-34)41(19-23)32(48)24(16-20-6-4-3-5-7-20)38-30(46)22-10-8-21(9-11-22)28(35)44/h8-11,18,20,23-25,49H,3-7,12-17,19H2,1-2H3,(H2,35,44)(H2,36,45)(H,38,46)(H,39,47)/t23-,24+,25-/m0/s1. The second kappa shape index (κ2) is 15.3. The number of carbonyl (C=O) groups excluding carboxylic acids is 6. The maximum Gasteiger partial charge on any atom is 0.287 e. The molecule has 16 heteroatoms. The lowest BCUT2D eigenvalue weighted by Gasteiger charge is -2.37. The zero-order valence-electron chi connectivity index (χ0n) is 28.4. The molecule has 270 valence electrons. The van der Waals surface area contributed by atoms with Crippen LogP contribution in [-0.2, 0) is 24.8 Å². The van der Waals surface area contributed by atoms with Gasteiger partial charge in [-0.15, -0.1) is 5.10 Å². The molecule has 2 saturated heterocycles. The lowest BCUT2D eigenvalue weighted by molar-refractivity contribution is -0.145. The van der Waals surface area contributed by atoms with E-state index in [0.29, 0.717) is 23.6 Å². The molecule has 7 N–H and O–H groups in total. The number of aliphatic hydroxyl groups is 1. The molecule has 2 aromatic rings. The van der Waals surface area contributed by atoms with Crippen molar-refractivity contribution in [2.45, 2.75) is 101 Å². The van der Waals surface area contributed by atoms with E-state index >= 15 is 0 Å². The molecule has 3 heterocycles. The van der Waals surface area contributed by atoms with Gasteiger partial charge in [0, 0.05) is 24.1 Å². The third-order valence-electron chi connectivity index (χ3n) is 10.1. The van der Waals surface area contributed by atoms with E-state index in [1.54, 1.807) is 25.6 Å². The predicted octanol–water partition coefficient (Wildman–Crippen LogP) is 0.952. The van der Waals surface area contributed by atoms with Gasteiger partial charge in [0.2, 0.25) is 23.5 Å². The quantitative estimate of drug-likeness (QED) is 0.196. The van der Waals surface area contributed by atoms with Crippen molar-refractivity contribution in [1.82, 2.24) is 30.5 Å². The fourth-order valence-corrected chi connectivity index (χ4v) is 8.51. The average Bonchev–Trinajstić information content (AvgIpc) is 3.77. The predicted molar refractivity (Wildman–Crippen MR) is 183 cm³/mol. The first-order chi connectivity index (χ1) is 23.7. The van der Waals surface area contributed by atoms with Crippen molar-refractivity contribution >= 4 is 47.1 Å². The molecule has 3 atom stereocenters. The number of ketones is 1. The van der Waals surface area contributed by atoms with Crippen molar-refractivity contribution in [3.8, 4) is 0 Å². The van der Waals surface area contributed by atoms with E-state index in [9.17, 15) is 33.9 Å². The Morgan fingerprint density at radius 3 is 2.26 bits per heavy atom. The molecule has 5 rings (SSSR count). The van der Waals surface area contributed by atoms with Gasteiger partial charge in [-0.3, -0.25) is 28.8 Å². The largest absolute Gasteiger partial charge is 0.384 e. The van der Waals surface area contributed by atoms with E-state index in [2.05, 4.69) is 20.9 Å². The number of carbonyl (C=O) groups is 6. The molecule has 0 bridgehead atoms. The number of nitrogens with zero attached hydrogens (tertiary/aromatic N) is 4. The van der Waals surface area contributed by atoms with Gasteiger partial charge in [0.1, 0.15) is 23.2 Å². The third kappa shape index (κ3) is 8.18. The van der Waals surface area contributed by atoms with Crippen molar-refractivity contribution < 1.29 is 33.9 Å². The summed E-state index contributed by atoms with van der Waals surface area (Å²) in [5.41, 5.74) is 8.79. The van der Waals surface area contributed by atoms with Crippen LogP contribution < -0.4 is 22.1 Å². The number of nitrogens with two attached hydrogens (primary N) is 2. The van der Waals surface area contributed by atoms with Crippen molar-refractivity contribution in [2.75, 3.05) is 18.1 Å². The molecule has 1 aliphatic carbocycles. The van der Waals surface area contributed by atoms with E-state index in [4.69, 9.17) is 11.5 Å². The summed E-state index contributed by atoms with van der Waals surface area (Å²) in [4.78, 5) is 80.7. The van der Waals surface area contributed by atoms with Gasteiger partial charge in [0.15, 0.2) is 0 Å². The molecular weight excluding hydrogens is 664 g/mol. The number of hydrogen-bond acceptors (Lipinski definition) is 10. The Kier molecular flexibility index (Phi) is 11.3. The van der Waals surface area contributed by atoms with Crippen molar-refractivity contribution in [1.29, 1.82) is 0 Å². The monoisotopic (exact) mass is 710 g/mol. The highest BCUT2D eigenvalue weighted by molar-refractivity contribution is 7.99. The van der Waals surface area contributed by atoms with Crippen molar-refractivity contribution in [3.05, 3.63) is 47.3 Å². The van der Waals surface area contributed by atoms with Gasteiger partial charge < -0.3 is 32.1 Å². The molecular formula is C34H46N8O7S.